The molecule has 0 radical (unpaired) electrons. The molecule has 0 saturated carbocycles. The first-order valence-corrected chi connectivity index (χ1v) is 6.84. The van der Waals surface area contributed by atoms with E-state index >= 15 is 0 Å². The van der Waals surface area contributed by atoms with Gasteiger partial charge in [0.15, 0.2) is 0 Å². The number of hydrogen-bond donors (Lipinski definition) is 2. The number of aliphatic hydroxyl groups is 1. The van der Waals surface area contributed by atoms with E-state index in [1.54, 1.807) is 0 Å². The highest BCUT2D eigenvalue weighted by Gasteiger charge is 2.20. The first kappa shape index (κ1) is 16.9. The van der Waals surface area contributed by atoms with E-state index in [1.165, 1.54) is 6.42 Å². The molecule has 0 rings (SSSR count). The van der Waals surface area contributed by atoms with Crippen LogP contribution in [0.2, 0.25) is 0 Å². The second-order valence-corrected chi connectivity index (χ2v) is 6.03. The Morgan fingerprint density at radius 1 is 1.29 bits per heavy atom. The van der Waals surface area contributed by atoms with E-state index < -0.39 is 0 Å². The Labute approximate surface area is 108 Å². The smallest absolute Gasteiger partial charge is 0.0610 e. The maximum Gasteiger partial charge on any atom is 0.0610 e. The molecule has 3 nitrogen and oxygen atoms in total. The van der Waals surface area contributed by atoms with Gasteiger partial charge in [0.2, 0.25) is 0 Å². The number of aliphatic hydroxyl groups excluding tert-OH is 1. The molecular weight excluding hydrogens is 212 g/mol. The zero-order chi connectivity index (χ0) is 13.5. The van der Waals surface area contributed by atoms with E-state index in [0.717, 1.165) is 25.3 Å². The lowest BCUT2D eigenvalue weighted by Crippen LogP contribution is -2.44. The van der Waals surface area contributed by atoms with Crippen LogP contribution in [0, 0.1) is 5.92 Å². The topological polar surface area (TPSA) is 35.5 Å². The molecule has 2 atom stereocenters. The molecule has 0 bridgehead atoms. The van der Waals surface area contributed by atoms with Gasteiger partial charge in [-0.25, -0.2) is 0 Å². The number of hydrogen-bond acceptors (Lipinski definition) is 3. The van der Waals surface area contributed by atoms with E-state index in [0.29, 0.717) is 6.04 Å². The summed E-state index contributed by atoms with van der Waals surface area (Å²) in [5.74, 6) is 0.757. The third-order valence-electron chi connectivity index (χ3n) is 3.76. The van der Waals surface area contributed by atoms with E-state index in [4.69, 9.17) is 0 Å². The van der Waals surface area contributed by atoms with Crippen LogP contribution >= 0.6 is 0 Å². The quantitative estimate of drug-likeness (QED) is 0.652. The lowest BCUT2D eigenvalue weighted by atomic mass is 9.96. The Morgan fingerprint density at radius 2 is 1.88 bits per heavy atom. The normalized spacial score (nSPS) is 17.5. The molecule has 2 unspecified atom stereocenters. The van der Waals surface area contributed by atoms with Crippen molar-refractivity contribution in [2.24, 2.45) is 5.92 Å². The molecule has 2 N–H and O–H groups in total. The summed E-state index contributed by atoms with van der Waals surface area (Å²) < 4.78 is 0. The van der Waals surface area contributed by atoms with Crippen LogP contribution in [0.4, 0.5) is 0 Å². The monoisotopic (exact) mass is 244 g/mol. The van der Waals surface area contributed by atoms with Crippen LogP contribution in [0.3, 0.4) is 0 Å². The molecule has 0 aromatic rings. The van der Waals surface area contributed by atoms with Crippen LogP contribution in [0.5, 0.6) is 0 Å². The van der Waals surface area contributed by atoms with Crippen LogP contribution in [0.15, 0.2) is 0 Å². The van der Waals surface area contributed by atoms with Crippen molar-refractivity contribution < 1.29 is 5.11 Å². The molecular formula is C14H32N2O. The van der Waals surface area contributed by atoms with Gasteiger partial charge in [-0.2, -0.15) is 0 Å². The number of nitrogens with one attached hydrogen (secondary N) is 1. The van der Waals surface area contributed by atoms with Gasteiger partial charge in [-0.15, -0.1) is 0 Å². The van der Waals surface area contributed by atoms with Gasteiger partial charge >= 0.3 is 0 Å². The fraction of sp³-hybridized carbons (Fsp3) is 1.00. The highest BCUT2D eigenvalue weighted by Crippen LogP contribution is 2.14. The molecule has 0 heterocycles. The Kier molecular flexibility index (Phi) is 8.01. The summed E-state index contributed by atoms with van der Waals surface area (Å²) in [5, 5.41) is 12.5. The number of likely N-dealkylation sites (N-methyl/N-ethyl adjacent to an activating group) is 1. The summed E-state index contributed by atoms with van der Waals surface area (Å²) in [6.07, 6.45) is 3.38. The summed E-state index contributed by atoms with van der Waals surface area (Å²) in [6.45, 7) is 10.2. The second kappa shape index (κ2) is 8.06. The van der Waals surface area contributed by atoms with E-state index in [-0.39, 0.29) is 12.1 Å². The minimum atomic E-state index is -0.123. The summed E-state index contributed by atoms with van der Waals surface area (Å²) in [7, 11) is 4.12. The van der Waals surface area contributed by atoms with Crippen molar-refractivity contribution in [3.05, 3.63) is 0 Å². The van der Waals surface area contributed by atoms with Crippen molar-refractivity contribution in [3.8, 4) is 0 Å². The summed E-state index contributed by atoms with van der Waals surface area (Å²) >= 11 is 0. The maximum atomic E-state index is 9.30. The van der Waals surface area contributed by atoms with Crippen LogP contribution < -0.4 is 5.32 Å². The van der Waals surface area contributed by atoms with Gasteiger partial charge < -0.3 is 15.3 Å². The highest BCUT2D eigenvalue weighted by atomic mass is 16.3. The van der Waals surface area contributed by atoms with Gasteiger partial charge in [-0.1, -0.05) is 13.8 Å². The van der Waals surface area contributed by atoms with E-state index in [1.807, 2.05) is 7.05 Å². The predicted molar refractivity (Wildman–Crippen MR) is 75.3 cm³/mol. The Bertz CT molecular complexity index is 191. The lowest BCUT2D eigenvalue weighted by Gasteiger charge is -2.30. The molecule has 0 aliphatic heterocycles. The van der Waals surface area contributed by atoms with Crippen molar-refractivity contribution in [3.63, 3.8) is 0 Å². The van der Waals surface area contributed by atoms with Crippen LogP contribution in [0.1, 0.15) is 47.0 Å². The molecule has 0 saturated heterocycles. The predicted octanol–water partition coefficient (Wildman–Crippen LogP) is 2.10. The summed E-state index contributed by atoms with van der Waals surface area (Å²) in [5.41, 5.74) is -0.123. The highest BCUT2D eigenvalue weighted by molar-refractivity contribution is 4.80. The Hall–Kier alpha value is -0.120. The van der Waals surface area contributed by atoms with Crippen LogP contribution in [0.25, 0.3) is 0 Å². The first-order valence-electron chi connectivity index (χ1n) is 6.84. The van der Waals surface area contributed by atoms with Gasteiger partial charge in [0.05, 0.1) is 6.61 Å². The number of nitrogens with zero attached hydrogens (tertiary/aromatic N) is 1. The van der Waals surface area contributed by atoms with Crippen molar-refractivity contribution in [1.82, 2.24) is 10.2 Å². The van der Waals surface area contributed by atoms with Crippen molar-refractivity contribution in [2.45, 2.75) is 58.5 Å². The minimum absolute atomic E-state index is 0.123. The van der Waals surface area contributed by atoms with E-state index in [2.05, 4.69) is 45.0 Å². The molecule has 17 heavy (non-hydrogen) atoms. The summed E-state index contributed by atoms with van der Waals surface area (Å²) in [6, 6.07) is 0.643. The van der Waals surface area contributed by atoms with Gasteiger partial charge in [-0.3, -0.25) is 0 Å². The molecule has 0 aliphatic rings. The standard InChI is InChI=1S/C14H32N2O/c1-12(2)10-13(3)16(6)9-7-8-14(4,11-17)15-5/h12-13,15,17H,7-11H2,1-6H3. The average Bonchev–Trinajstić information content (AvgIpc) is 2.27. The van der Waals surface area contributed by atoms with Gasteiger partial charge in [0.25, 0.3) is 0 Å². The first-order chi connectivity index (χ1) is 7.84. The summed E-state index contributed by atoms with van der Waals surface area (Å²) in [4.78, 5) is 2.42. The fourth-order valence-electron chi connectivity index (χ4n) is 2.08. The molecule has 0 aromatic carbocycles. The molecule has 0 amide bonds. The largest absolute Gasteiger partial charge is 0.394 e. The number of rotatable bonds is 9. The third-order valence-corrected chi connectivity index (χ3v) is 3.76. The third kappa shape index (κ3) is 7.02. The SMILES string of the molecule is CNC(C)(CO)CCCN(C)C(C)CC(C)C. The minimum Gasteiger partial charge on any atom is -0.394 e. The zero-order valence-corrected chi connectivity index (χ0v) is 12.6. The van der Waals surface area contributed by atoms with Crippen LogP contribution in [-0.2, 0) is 0 Å². The molecule has 104 valence electrons. The molecule has 0 fully saturated rings. The molecule has 0 aromatic heterocycles. The fourth-order valence-corrected chi connectivity index (χ4v) is 2.08. The van der Waals surface area contributed by atoms with Crippen molar-refractivity contribution >= 4 is 0 Å². The molecule has 0 spiro atoms. The van der Waals surface area contributed by atoms with Gasteiger partial charge in [0, 0.05) is 11.6 Å². The van der Waals surface area contributed by atoms with Crippen molar-refractivity contribution in [1.29, 1.82) is 0 Å². The zero-order valence-electron chi connectivity index (χ0n) is 12.6. The lowest BCUT2D eigenvalue weighted by molar-refractivity contribution is 0.159. The van der Waals surface area contributed by atoms with E-state index in [9.17, 15) is 5.11 Å². The molecule has 0 aliphatic carbocycles. The second-order valence-electron chi connectivity index (χ2n) is 6.03. The average molecular weight is 244 g/mol. The Balaban J connectivity index is 3.88. The van der Waals surface area contributed by atoms with Crippen LogP contribution in [-0.4, -0.2) is 48.8 Å². The Morgan fingerprint density at radius 3 is 2.29 bits per heavy atom. The maximum absolute atomic E-state index is 9.30. The van der Waals surface area contributed by atoms with Crippen molar-refractivity contribution in [2.75, 3.05) is 27.2 Å². The van der Waals surface area contributed by atoms with Gasteiger partial charge in [0.1, 0.15) is 0 Å². The molecule has 3 heteroatoms. The van der Waals surface area contributed by atoms with Gasteiger partial charge in [-0.05, 0) is 59.7 Å².